The lowest BCUT2D eigenvalue weighted by Crippen LogP contribution is -2.29. The number of carbonyl (C=O) groups is 1. The molecule has 0 spiro atoms. The third-order valence-corrected chi connectivity index (χ3v) is 5.93. The standard InChI is InChI=1S/C13H17NO3S/c1-18(17)12(7-8-13(15)16)9-10-14(18)11-5-3-2-4-6-11/h2-6,12H,1,7-10H2,(H,15,16). The maximum Gasteiger partial charge on any atom is 0.303 e. The van der Waals surface area contributed by atoms with Gasteiger partial charge in [-0.05, 0) is 30.8 Å². The Morgan fingerprint density at radius 2 is 2.11 bits per heavy atom. The quantitative estimate of drug-likeness (QED) is 0.846. The van der Waals surface area contributed by atoms with E-state index < -0.39 is 15.7 Å². The number of carboxylic acid groups (broad SMARTS) is 1. The maximum atomic E-state index is 12.7. The second kappa shape index (κ2) is 5.02. The van der Waals surface area contributed by atoms with Crippen molar-refractivity contribution in [2.24, 2.45) is 0 Å². The van der Waals surface area contributed by atoms with Gasteiger partial charge >= 0.3 is 5.97 Å². The molecule has 98 valence electrons. The van der Waals surface area contributed by atoms with Gasteiger partial charge in [0.05, 0.1) is 9.71 Å². The lowest BCUT2D eigenvalue weighted by Gasteiger charge is -2.23. The van der Waals surface area contributed by atoms with Crippen LogP contribution in [0.2, 0.25) is 0 Å². The van der Waals surface area contributed by atoms with Crippen LogP contribution in [0.1, 0.15) is 19.3 Å². The molecule has 2 rings (SSSR count). The van der Waals surface area contributed by atoms with Crippen LogP contribution in [0.3, 0.4) is 0 Å². The van der Waals surface area contributed by atoms with Gasteiger partial charge in [0, 0.05) is 23.9 Å². The first-order chi connectivity index (χ1) is 8.51. The van der Waals surface area contributed by atoms with Crippen molar-refractivity contribution in [1.29, 1.82) is 0 Å². The molecular weight excluding hydrogens is 250 g/mol. The van der Waals surface area contributed by atoms with Gasteiger partial charge in [0.25, 0.3) is 0 Å². The van der Waals surface area contributed by atoms with Crippen LogP contribution in [-0.2, 0) is 14.5 Å². The van der Waals surface area contributed by atoms with Gasteiger partial charge in [-0.25, -0.2) is 4.21 Å². The van der Waals surface area contributed by atoms with Crippen LogP contribution >= 0.6 is 0 Å². The Bertz CT molecular complexity index is 524. The summed E-state index contributed by atoms with van der Waals surface area (Å²) in [4.78, 5) is 10.6. The molecule has 2 unspecified atom stereocenters. The Morgan fingerprint density at radius 3 is 2.72 bits per heavy atom. The van der Waals surface area contributed by atoms with E-state index in [0.29, 0.717) is 13.0 Å². The van der Waals surface area contributed by atoms with E-state index in [1.165, 1.54) is 0 Å². The van der Waals surface area contributed by atoms with E-state index in [1.54, 1.807) is 0 Å². The van der Waals surface area contributed by atoms with E-state index >= 15 is 0 Å². The predicted molar refractivity (Wildman–Crippen MR) is 74.3 cm³/mol. The first-order valence-corrected chi connectivity index (χ1v) is 7.67. The molecule has 0 radical (unpaired) electrons. The molecule has 2 atom stereocenters. The van der Waals surface area contributed by atoms with Crippen LogP contribution < -0.4 is 4.31 Å². The summed E-state index contributed by atoms with van der Waals surface area (Å²) in [5.74, 6) is 3.00. The van der Waals surface area contributed by atoms with Crippen molar-refractivity contribution in [3.63, 3.8) is 0 Å². The highest BCUT2D eigenvalue weighted by molar-refractivity contribution is 8.02. The van der Waals surface area contributed by atoms with Gasteiger partial charge in [-0.3, -0.25) is 9.10 Å². The topological polar surface area (TPSA) is 57.6 Å². The van der Waals surface area contributed by atoms with E-state index in [2.05, 4.69) is 5.87 Å². The van der Waals surface area contributed by atoms with Crippen LogP contribution in [-0.4, -0.2) is 32.9 Å². The molecule has 1 heterocycles. The Balaban J connectivity index is 2.16. The second-order valence-electron chi connectivity index (χ2n) is 4.47. The molecule has 1 N–H and O–H groups in total. The number of nitrogens with zero attached hydrogens (tertiary/aromatic N) is 1. The van der Waals surface area contributed by atoms with Crippen molar-refractivity contribution >= 4 is 27.2 Å². The van der Waals surface area contributed by atoms with Crippen molar-refractivity contribution < 1.29 is 14.1 Å². The van der Waals surface area contributed by atoms with Gasteiger partial charge in [0.2, 0.25) is 0 Å². The van der Waals surface area contributed by atoms with Crippen LogP contribution in [0.5, 0.6) is 0 Å². The molecule has 0 bridgehead atoms. The minimum absolute atomic E-state index is 0.0554. The van der Waals surface area contributed by atoms with Crippen LogP contribution in [0.4, 0.5) is 5.69 Å². The number of rotatable bonds is 4. The smallest absolute Gasteiger partial charge is 0.303 e. The fourth-order valence-corrected chi connectivity index (χ4v) is 4.51. The van der Waals surface area contributed by atoms with Crippen molar-refractivity contribution in [3.05, 3.63) is 30.3 Å². The first-order valence-electron chi connectivity index (χ1n) is 5.92. The number of anilines is 1. The largest absolute Gasteiger partial charge is 0.481 e. The predicted octanol–water partition coefficient (Wildman–Crippen LogP) is 1.76. The zero-order valence-corrected chi connectivity index (χ0v) is 10.9. The SMILES string of the molecule is C=S1(=O)C(CCC(=O)O)CCN1c1ccccc1. The molecule has 0 saturated carbocycles. The maximum absolute atomic E-state index is 12.7. The average molecular weight is 267 g/mol. The molecule has 4 nitrogen and oxygen atoms in total. The van der Waals surface area contributed by atoms with Gasteiger partial charge in [-0.2, -0.15) is 0 Å². The molecule has 0 aliphatic carbocycles. The van der Waals surface area contributed by atoms with Gasteiger partial charge in [0.15, 0.2) is 0 Å². The van der Waals surface area contributed by atoms with Crippen LogP contribution in [0.25, 0.3) is 0 Å². The molecule has 0 amide bonds. The zero-order valence-electron chi connectivity index (χ0n) is 10.1. The Morgan fingerprint density at radius 1 is 1.44 bits per heavy atom. The number of hydrogen-bond donors (Lipinski definition) is 1. The summed E-state index contributed by atoms with van der Waals surface area (Å²) in [6, 6.07) is 9.52. The summed E-state index contributed by atoms with van der Waals surface area (Å²) in [5.41, 5.74) is 0.898. The number of benzene rings is 1. The molecule has 0 aromatic heterocycles. The van der Waals surface area contributed by atoms with E-state index in [0.717, 1.165) is 12.1 Å². The van der Waals surface area contributed by atoms with Gasteiger partial charge in [0.1, 0.15) is 0 Å². The molecule has 1 saturated heterocycles. The van der Waals surface area contributed by atoms with E-state index in [9.17, 15) is 9.00 Å². The highest BCUT2D eigenvalue weighted by Gasteiger charge is 2.33. The summed E-state index contributed by atoms with van der Waals surface area (Å²) in [7, 11) is -2.41. The normalized spacial score (nSPS) is 27.3. The minimum Gasteiger partial charge on any atom is -0.481 e. The molecule has 1 aromatic rings. The zero-order chi connectivity index (χ0) is 13.2. The van der Waals surface area contributed by atoms with Crippen LogP contribution in [0, 0.1) is 0 Å². The van der Waals surface area contributed by atoms with Crippen molar-refractivity contribution in [2.75, 3.05) is 10.8 Å². The van der Waals surface area contributed by atoms with Crippen molar-refractivity contribution in [1.82, 2.24) is 0 Å². The fraction of sp³-hybridized carbons (Fsp3) is 0.385. The number of aliphatic carboxylic acids is 1. The van der Waals surface area contributed by atoms with Gasteiger partial charge in [-0.1, -0.05) is 18.2 Å². The number of hydrogen-bond acceptors (Lipinski definition) is 2. The van der Waals surface area contributed by atoms with Crippen molar-refractivity contribution in [3.8, 4) is 0 Å². The molecule has 5 heteroatoms. The third-order valence-electron chi connectivity index (χ3n) is 3.27. The molecular formula is C13H17NO3S. The molecule has 1 fully saturated rings. The van der Waals surface area contributed by atoms with E-state index in [4.69, 9.17) is 5.11 Å². The van der Waals surface area contributed by atoms with Gasteiger partial charge in [-0.15, -0.1) is 0 Å². The lowest BCUT2D eigenvalue weighted by molar-refractivity contribution is -0.137. The Hall–Kier alpha value is -1.49. The molecule has 1 aliphatic heterocycles. The summed E-state index contributed by atoms with van der Waals surface area (Å²) < 4.78 is 14.5. The minimum atomic E-state index is -2.41. The highest BCUT2D eigenvalue weighted by atomic mass is 32.2. The summed E-state index contributed by atoms with van der Waals surface area (Å²) >= 11 is 0. The third kappa shape index (κ3) is 2.51. The second-order valence-corrected chi connectivity index (χ2v) is 6.96. The summed E-state index contributed by atoms with van der Waals surface area (Å²) in [6.45, 7) is 0.677. The Labute approximate surface area is 107 Å². The number of carboxylic acids is 1. The van der Waals surface area contributed by atoms with Gasteiger partial charge < -0.3 is 5.11 Å². The first kappa shape index (κ1) is 13.0. The number of para-hydroxylation sites is 1. The highest BCUT2D eigenvalue weighted by Crippen LogP contribution is 2.30. The van der Waals surface area contributed by atoms with E-state index in [-0.39, 0.29) is 11.7 Å². The summed E-state index contributed by atoms with van der Waals surface area (Å²) in [6.07, 6.45) is 1.23. The monoisotopic (exact) mass is 267 g/mol. The molecule has 1 aromatic carbocycles. The Kier molecular flexibility index (Phi) is 3.61. The van der Waals surface area contributed by atoms with Crippen molar-refractivity contribution in [2.45, 2.75) is 24.5 Å². The average Bonchev–Trinajstić information content (AvgIpc) is 2.62. The molecule has 1 aliphatic rings. The fourth-order valence-electron chi connectivity index (χ4n) is 2.29. The summed E-state index contributed by atoms with van der Waals surface area (Å²) in [5, 5.41) is 8.57. The van der Waals surface area contributed by atoms with E-state index in [1.807, 2.05) is 34.6 Å². The van der Waals surface area contributed by atoms with Crippen LogP contribution in [0.15, 0.2) is 30.3 Å². The molecule has 18 heavy (non-hydrogen) atoms. The lowest BCUT2D eigenvalue weighted by atomic mass is 10.2.